The molecule has 1 amide bonds. The molecule has 1 aromatic rings. The third-order valence-corrected chi connectivity index (χ3v) is 3.05. The number of hydrogen-bond donors (Lipinski definition) is 2. The molecule has 7 nitrogen and oxygen atoms in total. The van der Waals surface area contributed by atoms with Gasteiger partial charge in [0.15, 0.2) is 0 Å². The highest BCUT2D eigenvalue weighted by Crippen LogP contribution is 2.15. The van der Waals surface area contributed by atoms with E-state index in [1.807, 2.05) is 4.90 Å². The summed E-state index contributed by atoms with van der Waals surface area (Å²) in [5, 5.41) is 11.4. The number of hydrogen-bond acceptors (Lipinski definition) is 5. The maximum absolute atomic E-state index is 11.7. The summed E-state index contributed by atoms with van der Waals surface area (Å²) < 4.78 is 10.5. The second-order valence-electron chi connectivity index (χ2n) is 4.28. The molecule has 104 valence electrons. The first-order valence-electron chi connectivity index (χ1n) is 5.96. The summed E-state index contributed by atoms with van der Waals surface area (Å²) in [6.07, 6.45) is 1.20. The summed E-state index contributed by atoms with van der Waals surface area (Å²) in [7, 11) is 1.57. The van der Waals surface area contributed by atoms with Crippen LogP contribution in [0.2, 0.25) is 0 Å². The zero-order chi connectivity index (χ0) is 13.8. The standard InChI is InChI=1S/C12H16N2O5/c1-13-11(15)10-7-18-3-2-14(10)5-9-4-8(6-19-9)12(16)17/h4,6,10H,2-3,5,7H2,1H3,(H,13,15)(H,16,17). The van der Waals surface area contributed by atoms with Gasteiger partial charge in [-0.25, -0.2) is 4.79 Å². The number of ether oxygens (including phenoxy) is 1. The Morgan fingerprint density at radius 1 is 1.58 bits per heavy atom. The fraction of sp³-hybridized carbons (Fsp3) is 0.500. The van der Waals surface area contributed by atoms with Crippen molar-refractivity contribution < 1.29 is 23.8 Å². The van der Waals surface area contributed by atoms with Crippen LogP contribution in [0.1, 0.15) is 16.1 Å². The van der Waals surface area contributed by atoms with Crippen LogP contribution in [-0.4, -0.2) is 54.7 Å². The number of carboxylic acids is 1. The van der Waals surface area contributed by atoms with E-state index in [0.29, 0.717) is 32.1 Å². The average Bonchev–Trinajstić information content (AvgIpc) is 2.87. The van der Waals surface area contributed by atoms with Crippen molar-refractivity contribution in [2.45, 2.75) is 12.6 Å². The van der Waals surface area contributed by atoms with Crippen LogP contribution >= 0.6 is 0 Å². The molecule has 0 spiro atoms. The Kier molecular flexibility index (Phi) is 4.18. The highest BCUT2D eigenvalue weighted by Gasteiger charge is 2.29. The number of morpholine rings is 1. The average molecular weight is 268 g/mol. The van der Waals surface area contributed by atoms with Crippen LogP contribution in [0.3, 0.4) is 0 Å². The molecule has 2 heterocycles. The molecule has 1 saturated heterocycles. The van der Waals surface area contributed by atoms with Crippen molar-refractivity contribution in [1.29, 1.82) is 0 Å². The van der Waals surface area contributed by atoms with E-state index in [2.05, 4.69) is 5.32 Å². The Labute approximate surface area is 110 Å². The van der Waals surface area contributed by atoms with E-state index >= 15 is 0 Å². The lowest BCUT2D eigenvalue weighted by atomic mass is 10.2. The number of carboxylic acid groups (broad SMARTS) is 1. The van der Waals surface area contributed by atoms with E-state index in [-0.39, 0.29) is 17.5 Å². The number of rotatable bonds is 4. The third-order valence-electron chi connectivity index (χ3n) is 3.05. The number of likely N-dealkylation sites (N-methyl/N-ethyl adjacent to an activating group) is 1. The molecule has 0 aliphatic carbocycles. The fourth-order valence-corrected chi connectivity index (χ4v) is 2.01. The molecule has 1 fully saturated rings. The Morgan fingerprint density at radius 3 is 3.00 bits per heavy atom. The van der Waals surface area contributed by atoms with Gasteiger partial charge in [0, 0.05) is 13.6 Å². The molecule has 19 heavy (non-hydrogen) atoms. The van der Waals surface area contributed by atoms with Crippen molar-refractivity contribution in [1.82, 2.24) is 10.2 Å². The second kappa shape index (κ2) is 5.85. The summed E-state index contributed by atoms with van der Waals surface area (Å²) in [4.78, 5) is 24.4. The molecule has 1 aliphatic heterocycles. The van der Waals surface area contributed by atoms with Crippen molar-refractivity contribution in [2.75, 3.05) is 26.8 Å². The Morgan fingerprint density at radius 2 is 2.37 bits per heavy atom. The lowest BCUT2D eigenvalue weighted by molar-refractivity contribution is -0.132. The molecule has 7 heteroatoms. The maximum atomic E-state index is 11.7. The number of nitrogens with one attached hydrogen (secondary N) is 1. The molecular formula is C12H16N2O5. The Bertz CT molecular complexity index is 470. The smallest absolute Gasteiger partial charge is 0.338 e. The van der Waals surface area contributed by atoms with Crippen LogP contribution in [-0.2, 0) is 16.1 Å². The van der Waals surface area contributed by atoms with Crippen LogP contribution < -0.4 is 5.32 Å². The molecule has 0 saturated carbocycles. The van der Waals surface area contributed by atoms with Gasteiger partial charge in [-0.15, -0.1) is 0 Å². The Hall–Kier alpha value is -1.86. The van der Waals surface area contributed by atoms with Crippen molar-refractivity contribution in [3.63, 3.8) is 0 Å². The van der Waals surface area contributed by atoms with Crippen LogP contribution in [0, 0.1) is 0 Å². The first-order valence-corrected chi connectivity index (χ1v) is 5.96. The van der Waals surface area contributed by atoms with Crippen molar-refractivity contribution in [2.24, 2.45) is 0 Å². The fourth-order valence-electron chi connectivity index (χ4n) is 2.01. The minimum Gasteiger partial charge on any atom is -0.478 e. The molecule has 1 aliphatic rings. The molecule has 0 aromatic carbocycles. The highest BCUT2D eigenvalue weighted by atomic mass is 16.5. The number of nitrogens with zero attached hydrogens (tertiary/aromatic N) is 1. The van der Waals surface area contributed by atoms with E-state index in [1.165, 1.54) is 12.3 Å². The number of furan rings is 1. The van der Waals surface area contributed by atoms with Gasteiger partial charge >= 0.3 is 5.97 Å². The van der Waals surface area contributed by atoms with Crippen molar-refractivity contribution in [3.8, 4) is 0 Å². The maximum Gasteiger partial charge on any atom is 0.338 e. The summed E-state index contributed by atoms with van der Waals surface area (Å²) in [6, 6.07) is 1.09. The summed E-state index contributed by atoms with van der Waals surface area (Å²) >= 11 is 0. The predicted octanol–water partition coefficient (Wildman–Crippen LogP) is -0.0754. The van der Waals surface area contributed by atoms with Crippen molar-refractivity contribution >= 4 is 11.9 Å². The highest BCUT2D eigenvalue weighted by molar-refractivity contribution is 5.87. The minimum atomic E-state index is -1.03. The van der Waals surface area contributed by atoms with Gasteiger partial charge in [-0.1, -0.05) is 0 Å². The lowest BCUT2D eigenvalue weighted by Gasteiger charge is -2.33. The van der Waals surface area contributed by atoms with Crippen LogP contribution in [0.4, 0.5) is 0 Å². The van der Waals surface area contributed by atoms with Gasteiger partial charge < -0.3 is 19.6 Å². The molecule has 0 bridgehead atoms. The van der Waals surface area contributed by atoms with E-state index in [1.54, 1.807) is 7.05 Å². The first-order chi connectivity index (χ1) is 9.11. The quantitative estimate of drug-likeness (QED) is 0.794. The number of carbonyl (C=O) groups is 2. The van der Waals surface area contributed by atoms with Gasteiger partial charge in [-0.2, -0.15) is 0 Å². The lowest BCUT2D eigenvalue weighted by Crippen LogP contribution is -2.52. The van der Waals surface area contributed by atoms with Gasteiger partial charge in [0.1, 0.15) is 18.1 Å². The number of carbonyl (C=O) groups excluding carboxylic acids is 1. The monoisotopic (exact) mass is 268 g/mol. The van der Waals surface area contributed by atoms with Gasteiger partial charge in [0.2, 0.25) is 5.91 Å². The van der Waals surface area contributed by atoms with Gasteiger partial charge in [0.25, 0.3) is 0 Å². The normalized spacial score (nSPS) is 20.2. The minimum absolute atomic E-state index is 0.111. The SMILES string of the molecule is CNC(=O)C1COCCN1Cc1cc(C(=O)O)co1. The molecule has 1 atom stereocenters. The molecule has 2 N–H and O–H groups in total. The van der Waals surface area contributed by atoms with E-state index in [4.69, 9.17) is 14.3 Å². The third kappa shape index (κ3) is 3.12. The van der Waals surface area contributed by atoms with Crippen LogP contribution in [0.15, 0.2) is 16.7 Å². The second-order valence-corrected chi connectivity index (χ2v) is 4.28. The molecule has 1 unspecified atom stereocenters. The first kappa shape index (κ1) is 13.6. The predicted molar refractivity (Wildman–Crippen MR) is 64.8 cm³/mol. The summed E-state index contributed by atoms with van der Waals surface area (Å²) in [5.41, 5.74) is 0.111. The topological polar surface area (TPSA) is 92.0 Å². The van der Waals surface area contributed by atoms with Gasteiger partial charge in [-0.05, 0) is 6.07 Å². The van der Waals surface area contributed by atoms with Crippen LogP contribution in [0.5, 0.6) is 0 Å². The van der Waals surface area contributed by atoms with Gasteiger partial charge in [-0.3, -0.25) is 9.69 Å². The zero-order valence-electron chi connectivity index (χ0n) is 10.6. The van der Waals surface area contributed by atoms with E-state index in [9.17, 15) is 9.59 Å². The number of aromatic carboxylic acids is 1. The molecule has 2 rings (SSSR count). The molecule has 0 radical (unpaired) electrons. The summed E-state index contributed by atoms with van der Waals surface area (Å²) in [6.45, 7) is 1.85. The van der Waals surface area contributed by atoms with Crippen LogP contribution in [0.25, 0.3) is 0 Å². The van der Waals surface area contributed by atoms with E-state index < -0.39 is 5.97 Å². The Balaban J connectivity index is 2.06. The molecular weight excluding hydrogens is 252 g/mol. The van der Waals surface area contributed by atoms with E-state index in [0.717, 1.165) is 0 Å². The number of amides is 1. The molecule has 1 aromatic heterocycles. The zero-order valence-corrected chi connectivity index (χ0v) is 10.6. The largest absolute Gasteiger partial charge is 0.478 e. The van der Waals surface area contributed by atoms with Gasteiger partial charge in [0.05, 0.1) is 25.3 Å². The summed E-state index contributed by atoms with van der Waals surface area (Å²) in [5.74, 6) is -0.627. The van der Waals surface area contributed by atoms with Crippen molar-refractivity contribution in [3.05, 3.63) is 23.7 Å².